The number of hydrogen-bond donors (Lipinski definition) is 4. The number of nitrogens with zero attached hydrogens (tertiary/aromatic N) is 6. The first-order valence-electron chi connectivity index (χ1n) is 12.9. The molecule has 1 aromatic carbocycles. The van der Waals surface area contributed by atoms with E-state index in [1.54, 1.807) is 11.8 Å². The second kappa shape index (κ2) is 9.67. The van der Waals surface area contributed by atoms with E-state index in [9.17, 15) is 0 Å². The molecule has 1 atom stereocenters. The largest absolute Gasteiger partial charge is 0.494 e. The van der Waals surface area contributed by atoms with Crippen LogP contribution < -0.4 is 26.0 Å². The van der Waals surface area contributed by atoms with E-state index < -0.39 is 5.66 Å². The normalized spacial score (nSPS) is 22.2. The Balaban J connectivity index is 1.35. The van der Waals surface area contributed by atoms with Gasteiger partial charge < -0.3 is 30.7 Å². The van der Waals surface area contributed by atoms with Crippen LogP contribution in [0, 0.1) is 5.92 Å². The minimum Gasteiger partial charge on any atom is -0.494 e. The second-order valence-corrected chi connectivity index (χ2v) is 9.95. The number of rotatable bonds is 5. The van der Waals surface area contributed by atoms with Crippen LogP contribution >= 0.6 is 0 Å². The maximum absolute atomic E-state index is 7.24. The molecule has 4 heterocycles. The topological polar surface area (TPSA) is 144 Å². The summed E-state index contributed by atoms with van der Waals surface area (Å²) >= 11 is 0. The summed E-state index contributed by atoms with van der Waals surface area (Å²) < 4.78 is 12.9. The molecule has 3 aliphatic rings. The van der Waals surface area contributed by atoms with Crippen LogP contribution in [0.25, 0.3) is 11.4 Å². The van der Waals surface area contributed by atoms with Crippen molar-refractivity contribution in [2.24, 2.45) is 23.7 Å². The molecule has 0 amide bonds. The second-order valence-electron chi connectivity index (χ2n) is 9.95. The number of nitrogens with one attached hydrogen (secondary N) is 3. The lowest BCUT2D eigenvalue weighted by molar-refractivity contribution is 0.122. The van der Waals surface area contributed by atoms with Gasteiger partial charge in [0.2, 0.25) is 5.96 Å². The Hall–Kier alpha value is -3.64. The molecule has 5 N–H and O–H groups in total. The molecular formula is C25H34N10O2. The van der Waals surface area contributed by atoms with Gasteiger partial charge in [0.05, 0.1) is 43.5 Å². The fourth-order valence-electron chi connectivity index (χ4n) is 5.68. The van der Waals surface area contributed by atoms with Gasteiger partial charge in [-0.05, 0) is 25.0 Å². The lowest BCUT2D eigenvalue weighted by atomic mass is 9.76. The number of aryl methyl sites for hydroxylation is 1. The van der Waals surface area contributed by atoms with E-state index in [-0.39, 0.29) is 5.92 Å². The molecule has 0 radical (unpaired) electrons. The van der Waals surface area contributed by atoms with Gasteiger partial charge in [-0.25, -0.2) is 4.99 Å². The van der Waals surface area contributed by atoms with Gasteiger partial charge in [-0.2, -0.15) is 5.10 Å². The summed E-state index contributed by atoms with van der Waals surface area (Å²) in [5, 5.41) is 22.9. The molecule has 1 saturated heterocycles. The predicted molar refractivity (Wildman–Crippen MR) is 142 cm³/mol. The van der Waals surface area contributed by atoms with Crippen molar-refractivity contribution in [3.05, 3.63) is 30.0 Å². The number of guanidine groups is 1. The van der Waals surface area contributed by atoms with Crippen LogP contribution in [0.4, 0.5) is 17.2 Å². The molecule has 2 aromatic heterocycles. The fourth-order valence-corrected chi connectivity index (χ4v) is 5.68. The molecule has 196 valence electrons. The molecule has 6 rings (SSSR count). The van der Waals surface area contributed by atoms with Gasteiger partial charge >= 0.3 is 0 Å². The molecule has 1 unspecified atom stereocenters. The molecule has 12 heteroatoms. The third kappa shape index (κ3) is 4.40. The van der Waals surface area contributed by atoms with Crippen LogP contribution in [0.5, 0.6) is 5.75 Å². The van der Waals surface area contributed by atoms with E-state index in [0.29, 0.717) is 17.5 Å². The lowest BCUT2D eigenvalue weighted by Gasteiger charge is -2.39. The van der Waals surface area contributed by atoms with E-state index in [2.05, 4.69) is 42.1 Å². The van der Waals surface area contributed by atoms with Gasteiger partial charge in [0, 0.05) is 37.8 Å². The number of methoxy groups -OCH3 is 1. The number of anilines is 3. The van der Waals surface area contributed by atoms with Crippen molar-refractivity contribution in [2.45, 2.75) is 37.8 Å². The van der Waals surface area contributed by atoms with Gasteiger partial charge in [-0.3, -0.25) is 9.78 Å². The van der Waals surface area contributed by atoms with E-state index in [1.165, 1.54) is 6.42 Å². The number of benzene rings is 1. The molecule has 12 nitrogen and oxygen atoms in total. The number of fused-ring (bicyclic) bond motifs is 1. The highest BCUT2D eigenvalue weighted by atomic mass is 16.5. The highest BCUT2D eigenvalue weighted by molar-refractivity contribution is 6.06. The van der Waals surface area contributed by atoms with Crippen molar-refractivity contribution < 1.29 is 9.47 Å². The summed E-state index contributed by atoms with van der Waals surface area (Å²) in [4.78, 5) is 7.40. The Morgan fingerprint density at radius 2 is 2.00 bits per heavy atom. The molecule has 1 aliphatic carbocycles. The summed E-state index contributed by atoms with van der Waals surface area (Å²) in [5.74, 6) is 2.09. The van der Waals surface area contributed by atoms with Crippen LogP contribution in [-0.2, 0) is 17.4 Å². The number of ether oxygens (including phenoxy) is 2. The standard InChI is InChI=1S/C25H34N10O2/c1-34-15-19(30-33-34)22-21-23(32-31-22)28-24(29-25(21,26)16-6-4-3-5-7-16)27-18-9-8-17(14-20(18)36-2)35-10-12-37-13-11-35/h8-9,14-16H,3-7,10-13,26H2,1-2H3,(H3,27,28,29,31,32). The number of H-pyrrole nitrogens is 1. The van der Waals surface area contributed by atoms with Crippen LogP contribution in [0.15, 0.2) is 29.4 Å². The highest BCUT2D eigenvalue weighted by Gasteiger charge is 2.45. The van der Waals surface area contributed by atoms with Gasteiger partial charge in [-0.15, -0.1) is 5.10 Å². The zero-order chi connectivity index (χ0) is 25.4. The first-order chi connectivity index (χ1) is 18.0. The molecular weight excluding hydrogens is 472 g/mol. The molecule has 1 saturated carbocycles. The van der Waals surface area contributed by atoms with Gasteiger partial charge in [-0.1, -0.05) is 24.5 Å². The summed E-state index contributed by atoms with van der Waals surface area (Å²) in [6, 6.07) is 6.14. The fraction of sp³-hybridized carbons (Fsp3) is 0.520. The van der Waals surface area contributed by atoms with Crippen molar-refractivity contribution in [2.75, 3.05) is 48.9 Å². The van der Waals surface area contributed by atoms with Crippen LogP contribution in [0.1, 0.15) is 37.7 Å². The number of morpholine rings is 1. The monoisotopic (exact) mass is 506 g/mol. The van der Waals surface area contributed by atoms with Crippen molar-refractivity contribution in [3.63, 3.8) is 0 Å². The predicted octanol–water partition coefficient (Wildman–Crippen LogP) is 2.64. The SMILES string of the molecule is COc1cc(N2CCOCC2)ccc1NC1=NC(N)(C2CCCCC2)c2c(n[nH]c2-c2cn(C)nn2)N1. The summed E-state index contributed by atoms with van der Waals surface area (Å²) in [5.41, 5.74) is 10.4. The number of aromatic amines is 1. The zero-order valence-corrected chi connectivity index (χ0v) is 21.3. The Labute approximate surface area is 215 Å². The molecule has 2 fully saturated rings. The van der Waals surface area contributed by atoms with Crippen LogP contribution in [-0.4, -0.2) is 64.6 Å². The molecule has 3 aromatic rings. The molecule has 2 aliphatic heterocycles. The number of aliphatic imine (C=N–C) groups is 1. The van der Waals surface area contributed by atoms with Crippen LogP contribution in [0.2, 0.25) is 0 Å². The minimum atomic E-state index is -0.968. The number of aromatic nitrogens is 5. The van der Waals surface area contributed by atoms with Crippen molar-refractivity contribution in [3.8, 4) is 17.1 Å². The average Bonchev–Trinajstić information content (AvgIpc) is 3.56. The first-order valence-corrected chi connectivity index (χ1v) is 12.9. The lowest BCUT2D eigenvalue weighted by Crippen LogP contribution is -2.48. The van der Waals surface area contributed by atoms with E-state index >= 15 is 0 Å². The molecule has 0 bridgehead atoms. The van der Waals surface area contributed by atoms with Crippen molar-refractivity contribution in [1.82, 2.24) is 25.2 Å². The van der Waals surface area contributed by atoms with Gasteiger partial charge in [0.25, 0.3) is 0 Å². The van der Waals surface area contributed by atoms with E-state index in [0.717, 1.165) is 80.4 Å². The quantitative estimate of drug-likeness (QED) is 0.410. The van der Waals surface area contributed by atoms with E-state index in [1.807, 2.05) is 25.4 Å². The van der Waals surface area contributed by atoms with Crippen LogP contribution in [0.3, 0.4) is 0 Å². The summed E-state index contributed by atoms with van der Waals surface area (Å²) in [6.45, 7) is 3.17. The van der Waals surface area contributed by atoms with Crippen molar-refractivity contribution in [1.29, 1.82) is 0 Å². The van der Waals surface area contributed by atoms with Crippen molar-refractivity contribution >= 4 is 23.2 Å². The molecule has 37 heavy (non-hydrogen) atoms. The highest BCUT2D eigenvalue weighted by Crippen LogP contribution is 2.46. The third-order valence-electron chi connectivity index (χ3n) is 7.60. The van der Waals surface area contributed by atoms with E-state index in [4.69, 9.17) is 20.2 Å². The van der Waals surface area contributed by atoms with Gasteiger partial charge in [0.1, 0.15) is 17.1 Å². The maximum atomic E-state index is 7.24. The zero-order valence-electron chi connectivity index (χ0n) is 21.3. The number of hydrogen-bond acceptors (Lipinski definition) is 10. The first kappa shape index (κ1) is 23.7. The molecule has 0 spiro atoms. The maximum Gasteiger partial charge on any atom is 0.203 e. The smallest absolute Gasteiger partial charge is 0.203 e. The third-order valence-corrected chi connectivity index (χ3v) is 7.60. The number of nitrogens with two attached hydrogens (primary N) is 1. The Bertz CT molecular complexity index is 1290. The minimum absolute atomic E-state index is 0.178. The Kier molecular flexibility index (Phi) is 6.21. The Morgan fingerprint density at radius 3 is 2.73 bits per heavy atom. The Morgan fingerprint density at radius 1 is 1.19 bits per heavy atom. The average molecular weight is 507 g/mol. The summed E-state index contributed by atoms with van der Waals surface area (Å²) in [6.07, 6.45) is 7.37. The van der Waals surface area contributed by atoms with Gasteiger partial charge in [0.15, 0.2) is 5.82 Å². The summed E-state index contributed by atoms with van der Waals surface area (Å²) in [7, 11) is 3.51.